The van der Waals surface area contributed by atoms with E-state index in [1.54, 1.807) is 36.4 Å². The Hall–Kier alpha value is -3.60. The number of nitrogens with one attached hydrogen (secondary N) is 1. The lowest BCUT2D eigenvalue weighted by atomic mass is 10.1. The monoisotopic (exact) mass is 427 g/mol. The summed E-state index contributed by atoms with van der Waals surface area (Å²) in [5.41, 5.74) is 0.475. The van der Waals surface area contributed by atoms with Crippen molar-refractivity contribution >= 4 is 46.6 Å². The zero-order valence-corrected chi connectivity index (χ0v) is 16.1. The first-order valence-corrected chi connectivity index (χ1v) is 8.86. The second-order valence-electron chi connectivity index (χ2n) is 5.73. The van der Waals surface area contributed by atoms with Crippen molar-refractivity contribution in [2.75, 3.05) is 5.32 Å². The predicted octanol–water partition coefficient (Wildman–Crippen LogP) is 5.71. The van der Waals surface area contributed by atoms with E-state index < -0.39 is 10.8 Å². The number of rotatable bonds is 5. The van der Waals surface area contributed by atoms with Crippen LogP contribution in [0.3, 0.4) is 0 Å². The fourth-order valence-electron chi connectivity index (χ4n) is 2.44. The Kier molecular flexibility index (Phi) is 5.98. The largest absolute Gasteiger partial charge is 0.457 e. The summed E-state index contributed by atoms with van der Waals surface area (Å²) < 4.78 is 5.62. The van der Waals surface area contributed by atoms with E-state index in [1.165, 1.54) is 24.3 Å². The first-order chi connectivity index (χ1) is 13.9. The van der Waals surface area contributed by atoms with Gasteiger partial charge in [-0.15, -0.1) is 0 Å². The van der Waals surface area contributed by atoms with Crippen molar-refractivity contribution in [3.8, 4) is 17.4 Å². The van der Waals surface area contributed by atoms with Crippen molar-refractivity contribution in [3.05, 3.63) is 86.1 Å². The lowest BCUT2D eigenvalue weighted by Gasteiger charge is -2.05. The van der Waals surface area contributed by atoms with Crippen LogP contribution >= 0.6 is 23.2 Å². The Morgan fingerprint density at radius 3 is 2.55 bits per heavy atom. The number of hydrogen-bond donors (Lipinski definition) is 1. The van der Waals surface area contributed by atoms with Gasteiger partial charge < -0.3 is 9.73 Å². The first kappa shape index (κ1) is 20.1. The number of amides is 1. The summed E-state index contributed by atoms with van der Waals surface area (Å²) in [6.45, 7) is 0. The number of carbonyl (C=O) groups excluding carboxylic acids is 1. The Morgan fingerprint density at radius 1 is 1.14 bits per heavy atom. The van der Waals surface area contributed by atoms with Gasteiger partial charge >= 0.3 is 0 Å². The van der Waals surface area contributed by atoms with E-state index in [1.807, 2.05) is 6.07 Å². The molecule has 0 saturated carbocycles. The summed E-state index contributed by atoms with van der Waals surface area (Å²) >= 11 is 12.1. The van der Waals surface area contributed by atoms with Crippen LogP contribution in [0.5, 0.6) is 0 Å². The second kappa shape index (κ2) is 8.61. The standard InChI is InChI=1S/C20H11Cl2N3O4/c21-16-3-1-2-4-18(16)24-20(26)12(11-23)9-14-6-8-19(29-14)15-7-5-13(25(27)28)10-17(15)22/h1-10H,(H,24,26)/b12-9+. The molecule has 0 saturated heterocycles. The highest BCUT2D eigenvalue weighted by Crippen LogP contribution is 2.32. The maximum absolute atomic E-state index is 12.3. The molecule has 0 atom stereocenters. The number of anilines is 1. The van der Waals surface area contributed by atoms with Gasteiger partial charge in [-0.1, -0.05) is 35.3 Å². The summed E-state index contributed by atoms with van der Waals surface area (Å²) in [5.74, 6) is -0.0767. The molecule has 1 heterocycles. The average molecular weight is 428 g/mol. The predicted molar refractivity (Wildman–Crippen MR) is 109 cm³/mol. The molecular weight excluding hydrogens is 417 g/mol. The van der Waals surface area contributed by atoms with Crippen LogP contribution < -0.4 is 5.32 Å². The molecule has 1 amide bonds. The molecule has 1 aromatic heterocycles. The molecule has 2 aromatic carbocycles. The van der Waals surface area contributed by atoms with Gasteiger partial charge in [0.05, 0.1) is 20.7 Å². The number of halogens is 2. The van der Waals surface area contributed by atoms with Gasteiger partial charge in [-0.25, -0.2) is 0 Å². The number of nitro groups is 1. The summed E-state index contributed by atoms with van der Waals surface area (Å²) in [6.07, 6.45) is 1.27. The number of nitro benzene ring substituents is 1. The number of nitriles is 1. The Balaban J connectivity index is 1.84. The van der Waals surface area contributed by atoms with E-state index in [0.717, 1.165) is 0 Å². The van der Waals surface area contributed by atoms with Crippen LogP contribution in [0.1, 0.15) is 5.76 Å². The third-order valence-electron chi connectivity index (χ3n) is 3.83. The summed E-state index contributed by atoms with van der Waals surface area (Å²) in [6, 6.07) is 15.6. The van der Waals surface area contributed by atoms with Gasteiger partial charge in [-0.3, -0.25) is 14.9 Å². The lowest BCUT2D eigenvalue weighted by Crippen LogP contribution is -2.13. The highest BCUT2D eigenvalue weighted by atomic mass is 35.5. The Labute approximate surface area is 174 Å². The maximum Gasteiger partial charge on any atom is 0.270 e. The van der Waals surface area contributed by atoms with Gasteiger partial charge in [0.25, 0.3) is 11.6 Å². The van der Waals surface area contributed by atoms with Crippen molar-refractivity contribution < 1.29 is 14.1 Å². The molecule has 29 heavy (non-hydrogen) atoms. The van der Waals surface area contributed by atoms with Crippen LogP contribution in [0.2, 0.25) is 10.0 Å². The van der Waals surface area contributed by atoms with Crippen LogP contribution in [-0.4, -0.2) is 10.8 Å². The minimum atomic E-state index is -0.646. The minimum absolute atomic E-state index is 0.140. The van der Waals surface area contributed by atoms with Crippen LogP contribution in [0.25, 0.3) is 17.4 Å². The highest BCUT2D eigenvalue weighted by molar-refractivity contribution is 6.34. The molecule has 0 bridgehead atoms. The van der Waals surface area contributed by atoms with Crippen LogP contribution in [-0.2, 0) is 4.79 Å². The molecule has 0 aliphatic rings. The number of carbonyl (C=O) groups is 1. The molecule has 0 fully saturated rings. The van der Waals surface area contributed by atoms with Crippen molar-refractivity contribution in [1.82, 2.24) is 0 Å². The van der Waals surface area contributed by atoms with E-state index in [-0.39, 0.29) is 22.0 Å². The van der Waals surface area contributed by atoms with E-state index in [4.69, 9.17) is 27.6 Å². The third kappa shape index (κ3) is 4.63. The molecule has 0 radical (unpaired) electrons. The zero-order chi connectivity index (χ0) is 21.0. The molecule has 0 aliphatic heterocycles. The molecule has 3 rings (SSSR count). The summed E-state index contributed by atoms with van der Waals surface area (Å²) in [7, 11) is 0. The average Bonchev–Trinajstić information content (AvgIpc) is 3.16. The van der Waals surface area contributed by atoms with Gasteiger partial charge in [0.15, 0.2) is 0 Å². The van der Waals surface area contributed by atoms with Crippen LogP contribution in [0.4, 0.5) is 11.4 Å². The van der Waals surface area contributed by atoms with E-state index >= 15 is 0 Å². The Bertz CT molecular complexity index is 1180. The van der Waals surface area contributed by atoms with Gasteiger partial charge in [0, 0.05) is 23.8 Å². The second-order valence-corrected chi connectivity index (χ2v) is 6.54. The van der Waals surface area contributed by atoms with Crippen molar-refractivity contribution in [1.29, 1.82) is 5.26 Å². The molecular formula is C20H11Cl2N3O4. The number of furan rings is 1. The Morgan fingerprint density at radius 2 is 1.90 bits per heavy atom. The SMILES string of the molecule is N#C/C(=C\c1ccc(-c2ccc([N+](=O)[O-])cc2Cl)o1)C(=O)Nc1ccccc1Cl. The number of non-ortho nitro benzene ring substituents is 1. The van der Waals surface area contributed by atoms with Gasteiger partial charge in [0.1, 0.15) is 23.2 Å². The first-order valence-electron chi connectivity index (χ1n) is 8.11. The lowest BCUT2D eigenvalue weighted by molar-refractivity contribution is -0.384. The molecule has 0 unspecified atom stereocenters. The summed E-state index contributed by atoms with van der Waals surface area (Å²) in [4.78, 5) is 22.6. The van der Waals surface area contributed by atoms with E-state index in [0.29, 0.717) is 22.0 Å². The maximum atomic E-state index is 12.3. The fourth-order valence-corrected chi connectivity index (χ4v) is 2.89. The van der Waals surface area contributed by atoms with Crippen LogP contribution in [0.15, 0.2) is 64.6 Å². The molecule has 144 valence electrons. The smallest absolute Gasteiger partial charge is 0.270 e. The highest BCUT2D eigenvalue weighted by Gasteiger charge is 2.15. The quantitative estimate of drug-likeness (QED) is 0.242. The summed E-state index contributed by atoms with van der Waals surface area (Å²) in [5, 5.41) is 23.2. The van der Waals surface area contributed by atoms with Crippen LogP contribution in [0, 0.1) is 21.4 Å². The van der Waals surface area contributed by atoms with Gasteiger partial charge in [-0.2, -0.15) is 5.26 Å². The zero-order valence-electron chi connectivity index (χ0n) is 14.6. The normalized spacial score (nSPS) is 11.0. The van der Waals surface area contributed by atoms with Crippen molar-refractivity contribution in [2.24, 2.45) is 0 Å². The van der Waals surface area contributed by atoms with Crippen molar-refractivity contribution in [3.63, 3.8) is 0 Å². The minimum Gasteiger partial charge on any atom is -0.457 e. The van der Waals surface area contributed by atoms with Crippen molar-refractivity contribution in [2.45, 2.75) is 0 Å². The number of para-hydroxylation sites is 1. The molecule has 0 aliphatic carbocycles. The van der Waals surface area contributed by atoms with E-state index in [2.05, 4.69) is 5.32 Å². The number of nitrogens with zero attached hydrogens (tertiary/aromatic N) is 2. The molecule has 1 N–H and O–H groups in total. The molecule has 9 heteroatoms. The number of hydrogen-bond acceptors (Lipinski definition) is 5. The third-order valence-corrected chi connectivity index (χ3v) is 4.47. The van der Waals surface area contributed by atoms with Gasteiger partial charge in [-0.05, 0) is 30.3 Å². The van der Waals surface area contributed by atoms with Gasteiger partial charge in [0.2, 0.25) is 0 Å². The number of benzene rings is 2. The molecule has 7 nitrogen and oxygen atoms in total. The van der Waals surface area contributed by atoms with E-state index in [9.17, 15) is 20.2 Å². The molecule has 0 spiro atoms. The topological polar surface area (TPSA) is 109 Å². The fraction of sp³-hybridized carbons (Fsp3) is 0. The molecule has 3 aromatic rings.